The standard InChI is InChI=1S/C22H30N4OS/c1-17(23-22(28)24-19-11-7-8-12-20(19)27-3)21(18-9-5-4-6-10-18)26-15-13-25(2)14-16-26/h4-12,17,21H,13-16H2,1-3H3,(H2,23,24,28). The van der Waals surface area contributed by atoms with Gasteiger partial charge in [-0.25, -0.2) is 0 Å². The average Bonchev–Trinajstić information content (AvgIpc) is 2.71. The highest BCUT2D eigenvalue weighted by Gasteiger charge is 2.28. The van der Waals surface area contributed by atoms with Gasteiger partial charge in [-0.05, 0) is 43.9 Å². The fourth-order valence-electron chi connectivity index (χ4n) is 3.76. The number of piperazine rings is 1. The SMILES string of the molecule is COc1ccccc1NC(=S)NC(C)C(c1ccccc1)N1CCN(C)CC1. The van der Waals surface area contributed by atoms with Crippen molar-refractivity contribution >= 4 is 23.0 Å². The zero-order valence-electron chi connectivity index (χ0n) is 16.9. The second kappa shape index (κ2) is 9.87. The monoisotopic (exact) mass is 398 g/mol. The van der Waals surface area contributed by atoms with Crippen molar-refractivity contribution in [3.8, 4) is 5.75 Å². The third-order valence-electron chi connectivity index (χ3n) is 5.26. The van der Waals surface area contributed by atoms with Crippen molar-refractivity contribution in [3.63, 3.8) is 0 Å². The lowest BCUT2D eigenvalue weighted by atomic mass is 9.98. The Kier molecular flexibility index (Phi) is 7.25. The quantitative estimate of drug-likeness (QED) is 0.727. The first kappa shape index (κ1) is 20.6. The molecule has 2 unspecified atom stereocenters. The van der Waals surface area contributed by atoms with Gasteiger partial charge < -0.3 is 20.3 Å². The highest BCUT2D eigenvalue weighted by molar-refractivity contribution is 7.80. The summed E-state index contributed by atoms with van der Waals surface area (Å²) in [6, 6.07) is 18.9. The van der Waals surface area contributed by atoms with Crippen LogP contribution >= 0.6 is 12.2 Å². The Morgan fingerprint density at radius 3 is 2.32 bits per heavy atom. The summed E-state index contributed by atoms with van der Waals surface area (Å²) >= 11 is 5.60. The fraction of sp³-hybridized carbons (Fsp3) is 0.409. The summed E-state index contributed by atoms with van der Waals surface area (Å²) in [6.07, 6.45) is 0. The second-order valence-corrected chi connectivity index (χ2v) is 7.69. The Hall–Kier alpha value is -2.15. The van der Waals surface area contributed by atoms with Crippen molar-refractivity contribution < 1.29 is 4.74 Å². The van der Waals surface area contributed by atoms with E-state index in [1.165, 1.54) is 5.56 Å². The minimum absolute atomic E-state index is 0.153. The molecular weight excluding hydrogens is 368 g/mol. The molecule has 0 amide bonds. The minimum atomic E-state index is 0.153. The van der Waals surface area contributed by atoms with Crippen LogP contribution in [0.5, 0.6) is 5.75 Å². The van der Waals surface area contributed by atoms with Gasteiger partial charge in [0.1, 0.15) is 5.75 Å². The van der Waals surface area contributed by atoms with Crippen molar-refractivity contribution in [1.29, 1.82) is 0 Å². The van der Waals surface area contributed by atoms with E-state index in [1.807, 2.05) is 24.3 Å². The van der Waals surface area contributed by atoms with Crippen LogP contribution in [0.3, 0.4) is 0 Å². The molecular formula is C22H30N4OS. The van der Waals surface area contributed by atoms with Gasteiger partial charge in [-0.1, -0.05) is 42.5 Å². The molecule has 28 heavy (non-hydrogen) atoms. The zero-order valence-corrected chi connectivity index (χ0v) is 17.7. The molecule has 2 N–H and O–H groups in total. The predicted octanol–water partition coefficient (Wildman–Crippen LogP) is 3.36. The maximum Gasteiger partial charge on any atom is 0.171 e. The Balaban J connectivity index is 1.72. The van der Waals surface area contributed by atoms with Crippen LogP contribution in [0.1, 0.15) is 18.5 Å². The molecule has 150 valence electrons. The van der Waals surface area contributed by atoms with Crippen LogP contribution in [0.15, 0.2) is 54.6 Å². The fourth-order valence-corrected chi connectivity index (χ4v) is 4.05. The number of anilines is 1. The van der Waals surface area contributed by atoms with Crippen LogP contribution in [-0.4, -0.2) is 61.3 Å². The smallest absolute Gasteiger partial charge is 0.171 e. The summed E-state index contributed by atoms with van der Waals surface area (Å²) in [7, 11) is 3.85. The van der Waals surface area contributed by atoms with Gasteiger partial charge in [-0.2, -0.15) is 0 Å². The molecule has 1 fully saturated rings. The number of rotatable bonds is 6. The number of ether oxygens (including phenoxy) is 1. The molecule has 1 saturated heterocycles. The molecule has 6 heteroatoms. The summed E-state index contributed by atoms with van der Waals surface area (Å²) in [5.41, 5.74) is 2.18. The van der Waals surface area contributed by atoms with E-state index >= 15 is 0 Å². The van der Waals surface area contributed by atoms with Gasteiger partial charge in [0, 0.05) is 32.2 Å². The molecule has 1 heterocycles. The number of hydrogen-bond acceptors (Lipinski definition) is 4. The van der Waals surface area contributed by atoms with Gasteiger partial charge in [-0.3, -0.25) is 4.90 Å². The summed E-state index contributed by atoms with van der Waals surface area (Å²) in [4.78, 5) is 4.93. The summed E-state index contributed by atoms with van der Waals surface area (Å²) < 4.78 is 5.41. The van der Waals surface area contributed by atoms with Crippen LogP contribution in [0.25, 0.3) is 0 Å². The maximum absolute atomic E-state index is 5.60. The number of hydrogen-bond donors (Lipinski definition) is 2. The van der Waals surface area contributed by atoms with Crippen LogP contribution in [0, 0.1) is 0 Å². The predicted molar refractivity (Wildman–Crippen MR) is 120 cm³/mol. The third-order valence-corrected chi connectivity index (χ3v) is 5.48. The lowest BCUT2D eigenvalue weighted by molar-refractivity contribution is 0.0973. The number of nitrogens with one attached hydrogen (secondary N) is 2. The molecule has 0 bridgehead atoms. The van der Waals surface area contributed by atoms with E-state index in [0.717, 1.165) is 37.6 Å². The largest absolute Gasteiger partial charge is 0.495 e. The van der Waals surface area contributed by atoms with Gasteiger partial charge >= 0.3 is 0 Å². The third kappa shape index (κ3) is 5.22. The van der Waals surface area contributed by atoms with Crippen LogP contribution in [0.4, 0.5) is 5.69 Å². The summed E-state index contributed by atoms with van der Waals surface area (Å²) in [5, 5.41) is 7.38. The van der Waals surface area contributed by atoms with E-state index in [4.69, 9.17) is 17.0 Å². The van der Waals surface area contributed by atoms with E-state index in [0.29, 0.717) is 5.11 Å². The van der Waals surface area contributed by atoms with E-state index < -0.39 is 0 Å². The molecule has 0 aliphatic carbocycles. The zero-order chi connectivity index (χ0) is 19.9. The molecule has 1 aliphatic rings. The van der Waals surface area contributed by atoms with Crippen LogP contribution in [-0.2, 0) is 0 Å². The highest BCUT2D eigenvalue weighted by atomic mass is 32.1. The Morgan fingerprint density at radius 1 is 1.00 bits per heavy atom. The Bertz CT molecular complexity index is 762. The number of likely N-dealkylation sites (N-methyl/N-ethyl adjacent to an activating group) is 1. The van der Waals surface area contributed by atoms with Gasteiger partial charge in [0.2, 0.25) is 0 Å². The minimum Gasteiger partial charge on any atom is -0.495 e. The molecule has 0 radical (unpaired) electrons. The van der Waals surface area contributed by atoms with Crippen molar-refractivity contribution in [2.45, 2.75) is 19.0 Å². The summed E-state index contributed by atoms with van der Waals surface area (Å²) in [6.45, 7) is 6.47. The first-order valence-corrected chi connectivity index (χ1v) is 10.2. The van der Waals surface area contributed by atoms with Crippen LogP contribution in [0.2, 0.25) is 0 Å². The van der Waals surface area contributed by atoms with Gasteiger partial charge in [0.05, 0.1) is 18.8 Å². The van der Waals surface area contributed by atoms with E-state index in [1.54, 1.807) is 7.11 Å². The molecule has 2 aromatic rings. The number of benzene rings is 2. The molecule has 3 rings (SSSR count). The second-order valence-electron chi connectivity index (χ2n) is 7.28. The van der Waals surface area contributed by atoms with Crippen LogP contribution < -0.4 is 15.4 Å². The highest BCUT2D eigenvalue weighted by Crippen LogP contribution is 2.26. The summed E-state index contributed by atoms with van der Waals surface area (Å²) in [5.74, 6) is 0.776. The molecule has 5 nitrogen and oxygen atoms in total. The average molecular weight is 399 g/mol. The number of methoxy groups -OCH3 is 1. The molecule has 2 atom stereocenters. The first-order chi connectivity index (χ1) is 13.6. The van der Waals surface area contributed by atoms with Gasteiger partial charge in [0.25, 0.3) is 0 Å². The van der Waals surface area contributed by atoms with E-state index in [9.17, 15) is 0 Å². The van der Waals surface area contributed by atoms with E-state index in [2.05, 4.69) is 64.7 Å². The van der Waals surface area contributed by atoms with Gasteiger partial charge in [-0.15, -0.1) is 0 Å². The maximum atomic E-state index is 5.60. The van der Waals surface area contributed by atoms with Crippen molar-refractivity contribution in [2.75, 3.05) is 45.7 Å². The molecule has 2 aromatic carbocycles. The lowest BCUT2D eigenvalue weighted by Gasteiger charge is -2.41. The van der Waals surface area contributed by atoms with Crippen molar-refractivity contribution in [1.82, 2.24) is 15.1 Å². The van der Waals surface area contributed by atoms with Gasteiger partial charge in [0.15, 0.2) is 5.11 Å². The lowest BCUT2D eigenvalue weighted by Crippen LogP contribution is -2.52. The molecule has 0 spiro atoms. The van der Waals surface area contributed by atoms with E-state index in [-0.39, 0.29) is 12.1 Å². The normalized spacial score (nSPS) is 17.5. The number of thiocarbonyl (C=S) groups is 1. The molecule has 0 aromatic heterocycles. The molecule has 1 aliphatic heterocycles. The number of nitrogens with zero attached hydrogens (tertiary/aromatic N) is 2. The Labute approximate surface area is 173 Å². The van der Waals surface area contributed by atoms with Crippen molar-refractivity contribution in [3.05, 3.63) is 60.2 Å². The first-order valence-electron chi connectivity index (χ1n) is 9.76. The van der Waals surface area contributed by atoms with Crippen molar-refractivity contribution in [2.24, 2.45) is 0 Å². The number of para-hydroxylation sites is 2. The Morgan fingerprint density at radius 2 is 1.64 bits per heavy atom. The topological polar surface area (TPSA) is 39.8 Å². The molecule has 0 saturated carbocycles.